The topological polar surface area (TPSA) is 62.8 Å². The maximum atomic E-state index is 11.8. The lowest BCUT2D eigenvalue weighted by Gasteiger charge is -2.32. The summed E-state index contributed by atoms with van der Waals surface area (Å²) < 4.78 is 10.6. The van der Waals surface area contributed by atoms with Crippen LogP contribution in [0.1, 0.15) is 20.3 Å². The summed E-state index contributed by atoms with van der Waals surface area (Å²) in [6.45, 7) is 9.84. The van der Waals surface area contributed by atoms with Gasteiger partial charge in [0.1, 0.15) is 0 Å². The molecule has 0 radical (unpaired) electrons. The molecule has 20 heavy (non-hydrogen) atoms. The molecule has 0 bridgehead atoms. The van der Waals surface area contributed by atoms with E-state index in [9.17, 15) is 4.79 Å². The molecule has 118 valence electrons. The lowest BCUT2D eigenvalue weighted by Crippen LogP contribution is -2.50. The minimum atomic E-state index is -0.196. The highest BCUT2D eigenvalue weighted by Gasteiger charge is 2.20. The van der Waals surface area contributed by atoms with Crippen LogP contribution in [0.4, 0.5) is 0 Å². The highest BCUT2D eigenvalue weighted by atomic mass is 16.5. The molecule has 1 aliphatic heterocycles. The van der Waals surface area contributed by atoms with Crippen LogP contribution in [0.15, 0.2) is 0 Å². The fourth-order valence-electron chi connectivity index (χ4n) is 2.17. The third-order valence-corrected chi connectivity index (χ3v) is 3.54. The van der Waals surface area contributed by atoms with E-state index in [0.29, 0.717) is 19.7 Å². The van der Waals surface area contributed by atoms with Gasteiger partial charge in [0, 0.05) is 39.9 Å². The van der Waals surface area contributed by atoms with Gasteiger partial charge in [0.15, 0.2) is 0 Å². The van der Waals surface area contributed by atoms with Crippen molar-refractivity contribution in [2.24, 2.45) is 0 Å². The molecule has 0 aliphatic carbocycles. The molecular formula is C14H29N3O3. The number of hydrogen-bond acceptors (Lipinski definition) is 5. The van der Waals surface area contributed by atoms with E-state index in [1.807, 2.05) is 6.92 Å². The molecule has 0 aromatic rings. The van der Waals surface area contributed by atoms with Crippen LogP contribution in [0.5, 0.6) is 0 Å². The van der Waals surface area contributed by atoms with E-state index in [2.05, 4.69) is 22.5 Å². The van der Waals surface area contributed by atoms with Crippen LogP contribution in [0, 0.1) is 0 Å². The van der Waals surface area contributed by atoms with Crippen LogP contribution in [0.2, 0.25) is 0 Å². The number of hydrogen-bond donors (Lipinski definition) is 2. The Morgan fingerprint density at radius 2 is 2.35 bits per heavy atom. The van der Waals surface area contributed by atoms with E-state index < -0.39 is 0 Å². The molecule has 2 unspecified atom stereocenters. The Morgan fingerprint density at radius 3 is 3.05 bits per heavy atom. The maximum absolute atomic E-state index is 11.8. The summed E-state index contributed by atoms with van der Waals surface area (Å²) in [5.74, 6) is 0.0317. The van der Waals surface area contributed by atoms with Crippen molar-refractivity contribution in [2.75, 3.05) is 53.0 Å². The zero-order valence-corrected chi connectivity index (χ0v) is 13.0. The number of carbonyl (C=O) groups excluding carboxylic acids is 1. The van der Waals surface area contributed by atoms with Gasteiger partial charge in [0.25, 0.3) is 0 Å². The van der Waals surface area contributed by atoms with Gasteiger partial charge in [-0.05, 0) is 19.9 Å². The Hall–Kier alpha value is -0.690. The van der Waals surface area contributed by atoms with Crippen molar-refractivity contribution in [1.29, 1.82) is 0 Å². The molecular weight excluding hydrogens is 258 g/mol. The number of methoxy groups -OCH3 is 1. The molecule has 0 saturated carbocycles. The molecule has 6 nitrogen and oxygen atoms in total. The zero-order valence-electron chi connectivity index (χ0n) is 13.0. The van der Waals surface area contributed by atoms with E-state index in [0.717, 1.165) is 32.7 Å². The first-order valence-corrected chi connectivity index (χ1v) is 7.51. The summed E-state index contributed by atoms with van der Waals surface area (Å²) in [5, 5.41) is 6.13. The van der Waals surface area contributed by atoms with Crippen LogP contribution in [-0.4, -0.2) is 76.0 Å². The van der Waals surface area contributed by atoms with Crippen molar-refractivity contribution in [2.45, 2.75) is 32.4 Å². The predicted octanol–water partition coefficient (Wildman–Crippen LogP) is -0.162. The summed E-state index contributed by atoms with van der Waals surface area (Å²) >= 11 is 0. The second-order valence-electron chi connectivity index (χ2n) is 5.15. The van der Waals surface area contributed by atoms with Gasteiger partial charge >= 0.3 is 0 Å². The summed E-state index contributed by atoms with van der Waals surface area (Å²) in [6.07, 6.45) is 1.01. The Balaban J connectivity index is 2.14. The van der Waals surface area contributed by atoms with Gasteiger partial charge in [0.2, 0.25) is 5.91 Å². The quantitative estimate of drug-likeness (QED) is 0.577. The molecule has 0 spiro atoms. The fourth-order valence-corrected chi connectivity index (χ4v) is 2.17. The Kier molecular flexibility index (Phi) is 8.77. The molecule has 1 heterocycles. The van der Waals surface area contributed by atoms with Gasteiger partial charge < -0.3 is 20.1 Å². The normalized spacial score (nSPS) is 21.6. The highest BCUT2D eigenvalue weighted by Crippen LogP contribution is 2.03. The fraction of sp³-hybridized carbons (Fsp3) is 0.929. The van der Waals surface area contributed by atoms with Gasteiger partial charge in [-0.3, -0.25) is 9.69 Å². The predicted molar refractivity (Wildman–Crippen MR) is 78.8 cm³/mol. The second kappa shape index (κ2) is 10.1. The Morgan fingerprint density at radius 1 is 1.55 bits per heavy atom. The first-order chi connectivity index (χ1) is 9.67. The van der Waals surface area contributed by atoms with Crippen LogP contribution < -0.4 is 10.6 Å². The molecule has 1 rings (SSSR count). The minimum Gasteiger partial charge on any atom is -0.385 e. The van der Waals surface area contributed by atoms with Crippen molar-refractivity contribution in [3.63, 3.8) is 0 Å². The molecule has 0 aromatic heterocycles. The first kappa shape index (κ1) is 17.4. The SMILES string of the molecule is CCN1CCOC(CNC(C)C(=O)NCCCOC)C1. The summed E-state index contributed by atoms with van der Waals surface area (Å²) in [4.78, 5) is 14.2. The molecule has 1 fully saturated rings. The van der Waals surface area contributed by atoms with Crippen molar-refractivity contribution in [1.82, 2.24) is 15.5 Å². The maximum Gasteiger partial charge on any atom is 0.236 e. The number of ether oxygens (including phenoxy) is 2. The smallest absolute Gasteiger partial charge is 0.236 e. The van der Waals surface area contributed by atoms with Crippen LogP contribution >= 0.6 is 0 Å². The van der Waals surface area contributed by atoms with Gasteiger partial charge in [-0.1, -0.05) is 6.92 Å². The van der Waals surface area contributed by atoms with Crippen molar-refractivity contribution < 1.29 is 14.3 Å². The monoisotopic (exact) mass is 287 g/mol. The minimum absolute atomic E-state index is 0.0317. The summed E-state index contributed by atoms with van der Waals surface area (Å²) in [5.41, 5.74) is 0. The van der Waals surface area contributed by atoms with E-state index in [1.54, 1.807) is 7.11 Å². The number of likely N-dealkylation sites (N-methyl/N-ethyl adjacent to an activating group) is 1. The second-order valence-corrected chi connectivity index (χ2v) is 5.15. The number of carbonyl (C=O) groups is 1. The lowest BCUT2D eigenvalue weighted by atomic mass is 10.2. The average Bonchev–Trinajstić information content (AvgIpc) is 2.49. The number of rotatable bonds is 9. The third kappa shape index (κ3) is 6.65. The van der Waals surface area contributed by atoms with Gasteiger partial charge in [0.05, 0.1) is 18.8 Å². The largest absolute Gasteiger partial charge is 0.385 e. The molecule has 1 amide bonds. The molecule has 1 aliphatic rings. The van der Waals surface area contributed by atoms with Gasteiger partial charge in [-0.15, -0.1) is 0 Å². The highest BCUT2D eigenvalue weighted by molar-refractivity contribution is 5.81. The van der Waals surface area contributed by atoms with Crippen LogP contribution in [-0.2, 0) is 14.3 Å². The number of amides is 1. The Bertz CT molecular complexity index is 276. The van der Waals surface area contributed by atoms with Crippen LogP contribution in [0.3, 0.4) is 0 Å². The lowest BCUT2D eigenvalue weighted by molar-refractivity contribution is -0.123. The number of nitrogens with zero attached hydrogens (tertiary/aromatic N) is 1. The first-order valence-electron chi connectivity index (χ1n) is 7.51. The van der Waals surface area contributed by atoms with Gasteiger partial charge in [-0.2, -0.15) is 0 Å². The van der Waals surface area contributed by atoms with Crippen LogP contribution in [0.25, 0.3) is 0 Å². The summed E-state index contributed by atoms with van der Waals surface area (Å²) in [6, 6.07) is -0.196. The average molecular weight is 287 g/mol. The molecule has 0 aromatic carbocycles. The summed E-state index contributed by atoms with van der Waals surface area (Å²) in [7, 11) is 1.66. The van der Waals surface area contributed by atoms with E-state index in [1.165, 1.54) is 0 Å². The molecule has 2 atom stereocenters. The number of nitrogens with one attached hydrogen (secondary N) is 2. The third-order valence-electron chi connectivity index (χ3n) is 3.54. The van der Waals surface area contributed by atoms with E-state index in [4.69, 9.17) is 9.47 Å². The standard InChI is InChI=1S/C14H29N3O3/c1-4-17-7-9-20-13(11-17)10-16-12(2)14(18)15-6-5-8-19-3/h12-13,16H,4-11H2,1-3H3,(H,15,18). The Labute approximate surface area is 122 Å². The molecule has 6 heteroatoms. The molecule has 2 N–H and O–H groups in total. The molecule has 1 saturated heterocycles. The van der Waals surface area contributed by atoms with Crippen molar-refractivity contribution in [3.8, 4) is 0 Å². The van der Waals surface area contributed by atoms with E-state index in [-0.39, 0.29) is 18.1 Å². The van der Waals surface area contributed by atoms with E-state index >= 15 is 0 Å². The zero-order chi connectivity index (χ0) is 14.8. The van der Waals surface area contributed by atoms with Gasteiger partial charge in [-0.25, -0.2) is 0 Å². The van der Waals surface area contributed by atoms with Crippen molar-refractivity contribution in [3.05, 3.63) is 0 Å². The number of morpholine rings is 1. The van der Waals surface area contributed by atoms with Crippen molar-refractivity contribution >= 4 is 5.91 Å².